The fraction of sp³-hybridized carbons (Fsp3) is 0.200. The lowest BCUT2D eigenvalue weighted by molar-refractivity contribution is 0.0475. The van der Waals surface area contributed by atoms with E-state index in [-0.39, 0.29) is 17.7 Å². The fourth-order valence-electron chi connectivity index (χ4n) is 1.09. The monoisotopic (exact) mass is 363 g/mol. The predicted molar refractivity (Wildman–Crippen MR) is 71.3 cm³/mol. The molecule has 0 fully saturated rings. The molecule has 0 spiro atoms. The third kappa shape index (κ3) is 3.68. The van der Waals surface area contributed by atoms with Crippen LogP contribution < -0.4 is 0 Å². The number of pyridine rings is 1. The molecular formula is C10H7BrClN3O3S. The fourth-order valence-corrected chi connectivity index (χ4v) is 2.60. The zero-order valence-electron chi connectivity index (χ0n) is 9.59. The number of hydrogen-bond donors (Lipinski definition) is 0. The second-order valence-electron chi connectivity index (χ2n) is 3.14. The number of nitrogens with zero attached hydrogens (tertiary/aromatic N) is 3. The molecule has 0 aromatic carbocycles. The van der Waals surface area contributed by atoms with Gasteiger partial charge in [0, 0.05) is 6.20 Å². The summed E-state index contributed by atoms with van der Waals surface area (Å²) < 4.78 is 10.6. The zero-order valence-corrected chi connectivity index (χ0v) is 12.8. The number of rotatable bonds is 4. The summed E-state index contributed by atoms with van der Waals surface area (Å²) in [4.78, 5) is 15.5. The SMILES string of the molecule is CCOC(=O)c1nnc(Sc2ncc(Cl)cc2Br)o1. The van der Waals surface area contributed by atoms with Gasteiger partial charge in [0.2, 0.25) is 0 Å². The molecule has 0 atom stereocenters. The third-order valence-electron chi connectivity index (χ3n) is 1.81. The molecule has 0 radical (unpaired) electrons. The first-order valence-corrected chi connectivity index (χ1v) is 7.08. The van der Waals surface area contributed by atoms with Gasteiger partial charge in [0.1, 0.15) is 5.03 Å². The largest absolute Gasteiger partial charge is 0.459 e. The van der Waals surface area contributed by atoms with Gasteiger partial charge in [-0.05, 0) is 40.7 Å². The molecule has 2 aromatic heterocycles. The van der Waals surface area contributed by atoms with Crippen molar-refractivity contribution in [1.82, 2.24) is 15.2 Å². The molecular weight excluding hydrogens is 358 g/mol. The smallest absolute Gasteiger partial charge is 0.396 e. The lowest BCUT2D eigenvalue weighted by Gasteiger charge is -1.99. The molecule has 0 saturated heterocycles. The Morgan fingerprint density at radius 1 is 1.58 bits per heavy atom. The van der Waals surface area contributed by atoms with Crippen molar-refractivity contribution < 1.29 is 13.9 Å². The summed E-state index contributed by atoms with van der Waals surface area (Å²) in [5.41, 5.74) is 0. The number of carbonyl (C=O) groups excluding carboxylic acids is 1. The van der Waals surface area contributed by atoms with Crippen LogP contribution in [0.5, 0.6) is 0 Å². The van der Waals surface area contributed by atoms with E-state index in [1.165, 1.54) is 6.20 Å². The average Bonchev–Trinajstić information content (AvgIpc) is 2.82. The molecule has 0 N–H and O–H groups in total. The minimum absolute atomic E-state index is 0.186. The first-order valence-electron chi connectivity index (χ1n) is 5.09. The van der Waals surface area contributed by atoms with Crippen molar-refractivity contribution in [3.63, 3.8) is 0 Å². The van der Waals surface area contributed by atoms with Gasteiger partial charge in [-0.3, -0.25) is 0 Å². The van der Waals surface area contributed by atoms with Gasteiger partial charge in [-0.2, -0.15) is 0 Å². The Morgan fingerprint density at radius 3 is 3.05 bits per heavy atom. The van der Waals surface area contributed by atoms with Crippen molar-refractivity contribution in [2.45, 2.75) is 17.2 Å². The van der Waals surface area contributed by atoms with Crippen LogP contribution in [-0.2, 0) is 4.74 Å². The molecule has 0 aliphatic rings. The molecule has 2 aromatic rings. The normalized spacial score (nSPS) is 10.5. The highest BCUT2D eigenvalue weighted by molar-refractivity contribution is 9.10. The summed E-state index contributed by atoms with van der Waals surface area (Å²) >= 11 is 10.2. The lowest BCUT2D eigenvalue weighted by atomic mass is 10.5. The first kappa shape index (κ1) is 14.3. The molecule has 9 heteroatoms. The van der Waals surface area contributed by atoms with Crippen molar-refractivity contribution in [3.05, 3.63) is 27.6 Å². The predicted octanol–water partition coefficient (Wildman–Crippen LogP) is 3.21. The maximum atomic E-state index is 11.4. The molecule has 2 heterocycles. The second-order valence-corrected chi connectivity index (χ2v) is 5.37. The molecule has 0 aliphatic carbocycles. The number of halogens is 2. The number of hydrogen-bond acceptors (Lipinski definition) is 7. The van der Waals surface area contributed by atoms with Crippen molar-refractivity contribution in [2.75, 3.05) is 6.61 Å². The van der Waals surface area contributed by atoms with Crippen molar-refractivity contribution in [2.24, 2.45) is 0 Å². The van der Waals surface area contributed by atoms with E-state index in [1.54, 1.807) is 13.0 Å². The van der Waals surface area contributed by atoms with E-state index in [1.807, 2.05) is 0 Å². The van der Waals surface area contributed by atoms with Crippen LogP contribution in [0.3, 0.4) is 0 Å². The Morgan fingerprint density at radius 2 is 2.37 bits per heavy atom. The van der Waals surface area contributed by atoms with Gasteiger partial charge < -0.3 is 9.15 Å². The summed E-state index contributed by atoms with van der Waals surface area (Å²) in [6.45, 7) is 1.94. The van der Waals surface area contributed by atoms with Crippen LogP contribution >= 0.6 is 39.3 Å². The van der Waals surface area contributed by atoms with Gasteiger partial charge in [0.05, 0.1) is 16.1 Å². The van der Waals surface area contributed by atoms with Crippen LogP contribution in [0.15, 0.2) is 31.4 Å². The van der Waals surface area contributed by atoms with E-state index in [2.05, 4.69) is 31.1 Å². The Bertz CT molecular complexity index is 607. The van der Waals surface area contributed by atoms with Crippen LogP contribution in [0.4, 0.5) is 0 Å². The number of aromatic nitrogens is 3. The summed E-state index contributed by atoms with van der Waals surface area (Å²) in [5.74, 6) is -0.834. The Balaban J connectivity index is 2.13. The summed E-state index contributed by atoms with van der Waals surface area (Å²) in [6.07, 6.45) is 1.50. The van der Waals surface area contributed by atoms with Crippen molar-refractivity contribution >= 4 is 45.3 Å². The van der Waals surface area contributed by atoms with E-state index < -0.39 is 5.97 Å². The topological polar surface area (TPSA) is 78.1 Å². The summed E-state index contributed by atoms with van der Waals surface area (Å²) in [7, 11) is 0. The quantitative estimate of drug-likeness (QED) is 0.771. The maximum Gasteiger partial charge on any atom is 0.396 e. The van der Waals surface area contributed by atoms with E-state index in [9.17, 15) is 4.79 Å². The number of ether oxygens (including phenoxy) is 1. The molecule has 19 heavy (non-hydrogen) atoms. The molecule has 0 bridgehead atoms. The molecule has 100 valence electrons. The van der Waals surface area contributed by atoms with Crippen molar-refractivity contribution in [3.8, 4) is 0 Å². The van der Waals surface area contributed by atoms with Gasteiger partial charge in [-0.15, -0.1) is 5.10 Å². The van der Waals surface area contributed by atoms with Gasteiger partial charge in [-0.1, -0.05) is 16.7 Å². The van der Waals surface area contributed by atoms with Crippen LogP contribution in [0.25, 0.3) is 0 Å². The molecule has 2 rings (SSSR count). The van der Waals surface area contributed by atoms with E-state index in [0.717, 1.165) is 11.8 Å². The van der Waals surface area contributed by atoms with E-state index in [0.29, 0.717) is 14.5 Å². The van der Waals surface area contributed by atoms with Crippen LogP contribution in [0, 0.1) is 0 Å². The minimum Gasteiger partial charge on any atom is -0.459 e. The zero-order chi connectivity index (χ0) is 13.8. The highest BCUT2D eigenvalue weighted by Gasteiger charge is 2.17. The Hall–Kier alpha value is -1.12. The first-order chi connectivity index (χ1) is 9.10. The van der Waals surface area contributed by atoms with Gasteiger partial charge in [-0.25, -0.2) is 9.78 Å². The lowest BCUT2D eigenvalue weighted by Crippen LogP contribution is -2.04. The Kier molecular flexibility index (Phi) is 4.78. The van der Waals surface area contributed by atoms with Crippen LogP contribution in [0.1, 0.15) is 17.6 Å². The van der Waals surface area contributed by atoms with Gasteiger partial charge in [0.15, 0.2) is 0 Å². The molecule has 0 unspecified atom stereocenters. The minimum atomic E-state index is -0.648. The molecule has 0 aliphatic heterocycles. The van der Waals surface area contributed by atoms with Gasteiger partial charge in [0.25, 0.3) is 5.22 Å². The van der Waals surface area contributed by atoms with Crippen molar-refractivity contribution in [1.29, 1.82) is 0 Å². The highest BCUT2D eigenvalue weighted by atomic mass is 79.9. The maximum absolute atomic E-state index is 11.4. The molecule has 0 saturated carbocycles. The molecule has 0 amide bonds. The molecule has 6 nitrogen and oxygen atoms in total. The third-order valence-corrected chi connectivity index (χ3v) is 3.75. The van der Waals surface area contributed by atoms with Gasteiger partial charge >= 0.3 is 11.9 Å². The van der Waals surface area contributed by atoms with Crippen LogP contribution in [-0.4, -0.2) is 27.8 Å². The second kappa shape index (κ2) is 6.36. The Labute approximate surface area is 126 Å². The standard InChI is InChI=1S/C10H7BrClN3O3S/c1-2-17-9(16)7-14-15-10(18-7)19-8-6(11)3-5(12)4-13-8/h3-4H,2H2,1H3. The van der Waals surface area contributed by atoms with E-state index >= 15 is 0 Å². The van der Waals surface area contributed by atoms with Crippen LogP contribution in [0.2, 0.25) is 5.02 Å². The highest BCUT2D eigenvalue weighted by Crippen LogP contribution is 2.32. The van der Waals surface area contributed by atoms with E-state index in [4.69, 9.17) is 20.8 Å². The number of esters is 1. The number of carbonyl (C=O) groups is 1. The average molecular weight is 365 g/mol. The summed E-state index contributed by atoms with van der Waals surface area (Å²) in [5, 5.41) is 8.63. The summed E-state index contributed by atoms with van der Waals surface area (Å²) in [6, 6.07) is 1.69.